The van der Waals surface area contributed by atoms with Crippen molar-refractivity contribution in [3.63, 3.8) is 0 Å². The number of allylic oxidation sites excluding steroid dienone is 2. The quantitative estimate of drug-likeness (QED) is 0.107. The second kappa shape index (κ2) is 13.9. The third-order valence-corrected chi connectivity index (χ3v) is 13.9. The van der Waals surface area contributed by atoms with E-state index < -0.39 is 16.1 Å². The number of phosphoric ester groups is 1. The molecule has 0 amide bonds. The van der Waals surface area contributed by atoms with E-state index in [0.717, 1.165) is 75.5 Å². The molecule has 11 nitrogen and oxygen atoms in total. The van der Waals surface area contributed by atoms with Gasteiger partial charge in [0.05, 0.1) is 35.5 Å². The van der Waals surface area contributed by atoms with Crippen LogP contribution in [0.25, 0.3) is 11.5 Å². The van der Waals surface area contributed by atoms with Crippen LogP contribution in [0.1, 0.15) is 75.3 Å². The summed E-state index contributed by atoms with van der Waals surface area (Å²) in [6.07, 6.45) is 9.84. The smallest absolute Gasteiger partial charge is 0.496 e. The summed E-state index contributed by atoms with van der Waals surface area (Å²) in [6.45, 7) is 0.253. The van der Waals surface area contributed by atoms with E-state index in [2.05, 4.69) is 0 Å². The van der Waals surface area contributed by atoms with Crippen molar-refractivity contribution in [2.24, 2.45) is 35.5 Å². The summed E-state index contributed by atoms with van der Waals surface area (Å²) >= 11 is 12.5. The van der Waals surface area contributed by atoms with Crippen LogP contribution < -0.4 is 9.05 Å². The van der Waals surface area contributed by atoms with Gasteiger partial charge in [-0.1, -0.05) is 23.2 Å². The molecule has 8 fully saturated rings. The highest BCUT2D eigenvalue weighted by atomic mass is 35.5. The number of phosphoric acid groups is 1. The summed E-state index contributed by atoms with van der Waals surface area (Å²) in [6, 6.07) is 10.2. The van der Waals surface area contributed by atoms with Crippen LogP contribution in [0.2, 0.25) is 10.0 Å². The zero-order chi connectivity index (χ0) is 36.6. The molecule has 0 aliphatic heterocycles. The highest BCUT2D eigenvalue weighted by Crippen LogP contribution is 2.63. The minimum Gasteiger partial charge on any atom is -0.496 e. The molecule has 2 aromatic rings. The Balaban J connectivity index is 0.977. The molecule has 0 heterocycles. The molecule has 8 aliphatic carbocycles. The molecule has 0 aromatic heterocycles. The minimum atomic E-state index is -4.80. The lowest BCUT2D eigenvalue weighted by atomic mass is 9.51. The Morgan fingerprint density at radius 2 is 1.17 bits per heavy atom. The van der Waals surface area contributed by atoms with Crippen LogP contribution in [0, 0.1) is 35.5 Å². The number of halogens is 2. The topological polar surface area (TPSA) is 150 Å². The van der Waals surface area contributed by atoms with Gasteiger partial charge in [0, 0.05) is 11.1 Å². The SMILES string of the molecule is COC(=C1C2CC3CC1CC(OCOC14CC5CC(C1)C(=C(OC)c1ccc(Cl)c(OP(=O)(O)O)c1)C(C5)C4)(C3)C2)c1ccc(Cl)c(O[PH](=O)O)c1. The summed E-state index contributed by atoms with van der Waals surface area (Å²) in [5.74, 6) is 3.85. The predicted molar refractivity (Wildman–Crippen MR) is 195 cm³/mol. The maximum Gasteiger partial charge on any atom is 0.524 e. The molecule has 8 bridgehead atoms. The van der Waals surface area contributed by atoms with Gasteiger partial charge in [0.1, 0.15) is 24.1 Å². The van der Waals surface area contributed by atoms with Crippen molar-refractivity contribution < 1.29 is 51.8 Å². The maximum atomic E-state index is 11.6. The van der Waals surface area contributed by atoms with Gasteiger partial charge in [-0.05, 0) is 147 Å². The van der Waals surface area contributed by atoms with Gasteiger partial charge in [-0.2, -0.15) is 0 Å². The van der Waals surface area contributed by atoms with Crippen molar-refractivity contribution in [2.75, 3.05) is 21.0 Å². The Hall–Kier alpha value is -2.04. The number of methoxy groups -OCH3 is 2. The number of ether oxygens (including phenoxy) is 4. The first-order valence-electron chi connectivity index (χ1n) is 17.9. The van der Waals surface area contributed by atoms with E-state index in [4.69, 9.17) is 51.2 Å². The molecular formula is C37H44Cl2O11P2. The molecule has 52 heavy (non-hydrogen) atoms. The van der Waals surface area contributed by atoms with Gasteiger partial charge < -0.3 is 32.9 Å². The summed E-state index contributed by atoms with van der Waals surface area (Å²) in [5, 5.41) is 0.381. The van der Waals surface area contributed by atoms with Crippen molar-refractivity contribution in [1.29, 1.82) is 0 Å². The standard InChI is InChI=1S/C37H44Cl2O11P2/c1-45-34(22-3-5-28(38)30(11-22)49-51(40)41)32-24-7-20-8-25(32)16-36(13-20,15-24)47-19-48-37-14-21-9-26(17-37)33(27(10-21)18-37)35(46-2)23-4-6-29(39)31(12-23)50-52(42,43)44/h3-6,11-12,20-21,24-27,51H,7-10,13-19H2,1-2H3,(H,40,41)(H2,42,43,44). The van der Waals surface area contributed by atoms with Crippen LogP contribution in [0.4, 0.5) is 0 Å². The number of hydrogen-bond acceptors (Lipinski definition) is 8. The van der Waals surface area contributed by atoms with E-state index in [0.29, 0.717) is 35.0 Å². The summed E-state index contributed by atoms with van der Waals surface area (Å²) in [5.41, 5.74) is 3.47. The van der Waals surface area contributed by atoms with E-state index in [1.54, 1.807) is 44.6 Å². The van der Waals surface area contributed by atoms with Crippen molar-refractivity contribution in [3.05, 3.63) is 68.7 Å². The first kappa shape index (κ1) is 36.9. The first-order valence-corrected chi connectivity index (χ1v) is 21.4. The Morgan fingerprint density at radius 3 is 1.58 bits per heavy atom. The van der Waals surface area contributed by atoms with Crippen LogP contribution >= 0.6 is 39.3 Å². The molecule has 2 aromatic carbocycles. The molecule has 0 radical (unpaired) electrons. The van der Waals surface area contributed by atoms with Crippen LogP contribution in [0.15, 0.2) is 47.5 Å². The number of rotatable bonds is 12. The zero-order valence-corrected chi connectivity index (χ0v) is 32.4. The fourth-order valence-corrected chi connectivity index (χ4v) is 12.5. The lowest BCUT2D eigenvalue weighted by Crippen LogP contribution is -2.55. The van der Waals surface area contributed by atoms with E-state index in [1.165, 1.54) is 11.1 Å². The highest BCUT2D eigenvalue weighted by Gasteiger charge is 2.57. The fraction of sp³-hybridized carbons (Fsp3) is 0.568. The van der Waals surface area contributed by atoms with Gasteiger partial charge in [-0.15, -0.1) is 0 Å². The molecule has 8 aliphatic rings. The Kier molecular flexibility index (Phi) is 9.88. The molecule has 5 unspecified atom stereocenters. The third kappa shape index (κ3) is 7.00. The van der Waals surface area contributed by atoms with Gasteiger partial charge >= 0.3 is 16.1 Å². The zero-order valence-electron chi connectivity index (χ0n) is 29.0. The van der Waals surface area contributed by atoms with Gasteiger partial charge in [0.2, 0.25) is 0 Å². The first-order chi connectivity index (χ1) is 24.8. The fourth-order valence-electron chi connectivity index (χ4n) is 11.3. The molecule has 0 saturated heterocycles. The largest absolute Gasteiger partial charge is 0.524 e. The second-order valence-electron chi connectivity index (χ2n) is 15.7. The average molecular weight is 798 g/mol. The summed E-state index contributed by atoms with van der Waals surface area (Å²) in [7, 11) is -4.70. The van der Waals surface area contributed by atoms with Crippen molar-refractivity contribution in [1.82, 2.24) is 0 Å². The van der Waals surface area contributed by atoms with Gasteiger partial charge in [-0.3, -0.25) is 9.79 Å². The number of hydrogen-bond donors (Lipinski definition) is 3. The summed E-state index contributed by atoms with van der Waals surface area (Å²) < 4.78 is 58.7. The molecule has 5 atom stereocenters. The Labute approximate surface area is 313 Å². The highest BCUT2D eigenvalue weighted by molar-refractivity contribution is 7.46. The summed E-state index contributed by atoms with van der Waals surface area (Å²) in [4.78, 5) is 28.2. The molecule has 0 spiro atoms. The van der Waals surface area contributed by atoms with E-state index in [1.807, 2.05) is 6.07 Å². The van der Waals surface area contributed by atoms with Gasteiger partial charge in [-0.25, -0.2) is 9.13 Å². The minimum absolute atomic E-state index is 0.0829. The van der Waals surface area contributed by atoms with Crippen molar-refractivity contribution in [3.8, 4) is 11.5 Å². The van der Waals surface area contributed by atoms with Crippen LogP contribution in [-0.4, -0.2) is 46.9 Å². The molecule has 3 N–H and O–H groups in total. The van der Waals surface area contributed by atoms with E-state index in [9.17, 15) is 23.8 Å². The monoisotopic (exact) mass is 796 g/mol. The second-order valence-corrected chi connectivity index (χ2v) is 18.4. The molecule has 10 rings (SSSR count). The van der Waals surface area contributed by atoms with Crippen LogP contribution in [0.3, 0.4) is 0 Å². The average Bonchev–Trinajstić information content (AvgIpc) is 3.05. The van der Waals surface area contributed by atoms with Crippen molar-refractivity contribution in [2.45, 2.75) is 75.4 Å². The van der Waals surface area contributed by atoms with Gasteiger partial charge in [0.15, 0.2) is 5.75 Å². The lowest BCUT2D eigenvalue weighted by Gasteiger charge is -2.59. The molecule has 15 heteroatoms. The molecule has 8 saturated carbocycles. The molecular weight excluding hydrogens is 753 g/mol. The predicted octanol–water partition coefficient (Wildman–Crippen LogP) is 8.79. The van der Waals surface area contributed by atoms with E-state index in [-0.39, 0.29) is 51.4 Å². The normalized spacial score (nSPS) is 33.3. The van der Waals surface area contributed by atoms with Gasteiger partial charge in [0.25, 0.3) is 0 Å². The van der Waals surface area contributed by atoms with Crippen LogP contribution in [0.5, 0.6) is 11.5 Å². The third-order valence-electron chi connectivity index (χ3n) is 12.5. The van der Waals surface area contributed by atoms with E-state index >= 15 is 0 Å². The number of benzene rings is 2. The molecule has 282 valence electrons. The lowest BCUT2D eigenvalue weighted by molar-refractivity contribution is -0.250. The van der Waals surface area contributed by atoms with Crippen LogP contribution in [-0.2, 0) is 28.1 Å². The Bertz CT molecular complexity index is 1860. The van der Waals surface area contributed by atoms with Crippen molar-refractivity contribution >= 4 is 50.8 Å². The Morgan fingerprint density at radius 1 is 0.750 bits per heavy atom. The maximum absolute atomic E-state index is 11.6.